The quantitative estimate of drug-likeness (QED) is 0.759. The van der Waals surface area contributed by atoms with E-state index in [1.165, 1.54) is 28.2 Å². The van der Waals surface area contributed by atoms with Crippen LogP contribution in [0.1, 0.15) is 19.3 Å². The molecule has 0 bridgehead atoms. The third-order valence-corrected chi connectivity index (χ3v) is 8.07. The van der Waals surface area contributed by atoms with Crippen LogP contribution < -0.4 is 10.6 Å². The Morgan fingerprint density at radius 2 is 1.90 bits per heavy atom. The number of nitrogens with zero attached hydrogens (tertiary/aromatic N) is 1. The Bertz CT molecular complexity index is 1050. The molecular formula is C20H21N3O4S2. The van der Waals surface area contributed by atoms with E-state index in [9.17, 15) is 18.0 Å². The lowest BCUT2D eigenvalue weighted by Gasteiger charge is -2.23. The molecule has 1 fully saturated rings. The first-order chi connectivity index (χ1) is 13.9. The Labute approximate surface area is 173 Å². The van der Waals surface area contributed by atoms with E-state index in [1.807, 2.05) is 24.3 Å². The van der Waals surface area contributed by atoms with Gasteiger partial charge in [0.1, 0.15) is 0 Å². The predicted molar refractivity (Wildman–Crippen MR) is 112 cm³/mol. The van der Waals surface area contributed by atoms with Crippen LogP contribution >= 0.6 is 11.8 Å². The van der Waals surface area contributed by atoms with Gasteiger partial charge in [-0.1, -0.05) is 18.2 Å². The highest BCUT2D eigenvalue weighted by Crippen LogP contribution is 2.36. The molecule has 2 aliphatic rings. The fourth-order valence-corrected chi connectivity index (χ4v) is 6.09. The molecule has 0 aromatic heterocycles. The van der Waals surface area contributed by atoms with Crippen molar-refractivity contribution < 1.29 is 18.0 Å². The van der Waals surface area contributed by atoms with E-state index in [0.717, 1.165) is 23.4 Å². The van der Waals surface area contributed by atoms with Crippen LogP contribution in [0.5, 0.6) is 0 Å². The number of amides is 2. The summed E-state index contributed by atoms with van der Waals surface area (Å²) in [7, 11) is -3.55. The van der Waals surface area contributed by atoms with E-state index in [2.05, 4.69) is 10.6 Å². The van der Waals surface area contributed by atoms with Crippen molar-refractivity contribution in [2.24, 2.45) is 0 Å². The molecule has 1 atom stereocenters. The lowest BCUT2D eigenvalue weighted by molar-refractivity contribution is -0.120. The van der Waals surface area contributed by atoms with Crippen molar-refractivity contribution in [3.63, 3.8) is 0 Å². The highest BCUT2D eigenvalue weighted by atomic mass is 32.2. The Morgan fingerprint density at radius 1 is 1.14 bits per heavy atom. The molecule has 0 spiro atoms. The summed E-state index contributed by atoms with van der Waals surface area (Å²) < 4.78 is 26.9. The molecule has 2 aliphatic heterocycles. The fourth-order valence-electron chi connectivity index (χ4n) is 3.42. The molecule has 29 heavy (non-hydrogen) atoms. The van der Waals surface area contributed by atoms with Crippen LogP contribution in [0.4, 0.5) is 11.4 Å². The van der Waals surface area contributed by atoms with Gasteiger partial charge in [0, 0.05) is 30.1 Å². The fraction of sp³-hybridized carbons (Fsp3) is 0.300. The van der Waals surface area contributed by atoms with E-state index >= 15 is 0 Å². The minimum atomic E-state index is -3.55. The molecule has 0 unspecified atom stereocenters. The maximum absolute atomic E-state index is 12.7. The lowest BCUT2D eigenvalue weighted by Crippen LogP contribution is -2.32. The number of nitrogens with one attached hydrogen (secondary N) is 2. The van der Waals surface area contributed by atoms with Crippen molar-refractivity contribution >= 4 is 45.0 Å². The maximum Gasteiger partial charge on any atom is 0.243 e. The van der Waals surface area contributed by atoms with Crippen molar-refractivity contribution in [3.8, 4) is 0 Å². The SMILES string of the molecule is O=C(C[C@H]1Sc2ccccc2NC1=O)Nc1cccc(S(=O)(=O)N2CCCC2)c1. The van der Waals surface area contributed by atoms with Crippen LogP contribution in [0.3, 0.4) is 0 Å². The van der Waals surface area contributed by atoms with Crippen molar-refractivity contribution in [2.45, 2.75) is 34.3 Å². The van der Waals surface area contributed by atoms with Gasteiger partial charge >= 0.3 is 0 Å². The molecule has 152 valence electrons. The normalized spacial score (nSPS) is 19.4. The average Bonchev–Trinajstić information content (AvgIpc) is 3.24. The first-order valence-electron chi connectivity index (χ1n) is 9.40. The zero-order valence-electron chi connectivity index (χ0n) is 15.6. The summed E-state index contributed by atoms with van der Waals surface area (Å²) in [6.07, 6.45) is 1.72. The first kappa shape index (κ1) is 19.9. The van der Waals surface area contributed by atoms with E-state index in [1.54, 1.807) is 12.1 Å². The molecule has 4 rings (SSSR count). The second-order valence-electron chi connectivity index (χ2n) is 6.98. The number of rotatable bonds is 5. The number of para-hydroxylation sites is 1. The number of carbonyl (C=O) groups excluding carboxylic acids is 2. The van der Waals surface area contributed by atoms with Gasteiger partial charge in [-0.05, 0) is 43.2 Å². The number of carbonyl (C=O) groups is 2. The number of anilines is 2. The second-order valence-corrected chi connectivity index (χ2v) is 10.2. The largest absolute Gasteiger partial charge is 0.326 e. The summed E-state index contributed by atoms with van der Waals surface area (Å²) in [5.41, 5.74) is 1.15. The molecule has 2 aromatic carbocycles. The van der Waals surface area contributed by atoms with E-state index in [4.69, 9.17) is 0 Å². The minimum absolute atomic E-state index is 0.00601. The number of benzene rings is 2. The highest BCUT2D eigenvalue weighted by Gasteiger charge is 2.30. The first-order valence-corrected chi connectivity index (χ1v) is 11.7. The second kappa shape index (κ2) is 8.17. The lowest BCUT2D eigenvalue weighted by atomic mass is 10.2. The number of hydrogen-bond donors (Lipinski definition) is 2. The van der Waals surface area contributed by atoms with Crippen LogP contribution in [0.25, 0.3) is 0 Å². The van der Waals surface area contributed by atoms with Gasteiger partial charge in [-0.3, -0.25) is 9.59 Å². The summed E-state index contributed by atoms with van der Waals surface area (Å²) in [6.45, 7) is 1.04. The van der Waals surface area contributed by atoms with Gasteiger partial charge in [0.25, 0.3) is 0 Å². The van der Waals surface area contributed by atoms with Crippen LogP contribution in [0, 0.1) is 0 Å². The van der Waals surface area contributed by atoms with E-state index in [0.29, 0.717) is 18.8 Å². The van der Waals surface area contributed by atoms with Gasteiger partial charge in [0.05, 0.1) is 15.8 Å². The highest BCUT2D eigenvalue weighted by molar-refractivity contribution is 8.01. The molecule has 9 heteroatoms. The van der Waals surface area contributed by atoms with Crippen LogP contribution in [0.15, 0.2) is 58.3 Å². The zero-order valence-corrected chi connectivity index (χ0v) is 17.3. The third kappa shape index (κ3) is 4.31. The van der Waals surface area contributed by atoms with Crippen molar-refractivity contribution in [1.82, 2.24) is 4.31 Å². The van der Waals surface area contributed by atoms with E-state index in [-0.39, 0.29) is 23.1 Å². The molecule has 2 amide bonds. The zero-order chi connectivity index (χ0) is 20.4. The predicted octanol–water partition coefficient (Wildman–Crippen LogP) is 2.91. The van der Waals surface area contributed by atoms with Crippen LogP contribution in [-0.2, 0) is 19.6 Å². The smallest absolute Gasteiger partial charge is 0.243 e. The Kier molecular flexibility index (Phi) is 5.62. The molecule has 7 nitrogen and oxygen atoms in total. The van der Waals surface area contributed by atoms with Crippen molar-refractivity contribution in [1.29, 1.82) is 0 Å². The summed E-state index contributed by atoms with van der Waals surface area (Å²) in [5, 5.41) is 5.00. The average molecular weight is 432 g/mol. The monoisotopic (exact) mass is 431 g/mol. The number of thioether (sulfide) groups is 1. The number of sulfonamides is 1. The Morgan fingerprint density at radius 3 is 2.69 bits per heavy atom. The summed E-state index contributed by atoms with van der Waals surface area (Å²) in [6, 6.07) is 13.7. The standard InChI is InChI=1S/C20H21N3O4S2/c24-19(13-18-20(25)22-16-8-1-2-9-17(16)28-18)21-14-6-5-7-15(12-14)29(26,27)23-10-3-4-11-23/h1-2,5-9,12,18H,3-4,10-11,13H2,(H,21,24)(H,22,25)/t18-/m1/s1. The van der Waals surface area contributed by atoms with Crippen molar-refractivity contribution in [2.75, 3.05) is 23.7 Å². The topological polar surface area (TPSA) is 95.6 Å². The summed E-state index contributed by atoms with van der Waals surface area (Å²) in [4.78, 5) is 25.9. The third-order valence-electron chi connectivity index (χ3n) is 4.90. The minimum Gasteiger partial charge on any atom is -0.326 e. The number of fused-ring (bicyclic) bond motifs is 1. The van der Waals surface area contributed by atoms with E-state index < -0.39 is 15.3 Å². The summed E-state index contributed by atoms with van der Waals surface area (Å²) >= 11 is 1.35. The number of hydrogen-bond acceptors (Lipinski definition) is 5. The van der Waals surface area contributed by atoms with Crippen LogP contribution in [-0.4, -0.2) is 42.9 Å². The Balaban J connectivity index is 1.43. The molecule has 2 aromatic rings. The van der Waals surface area contributed by atoms with Gasteiger partial charge in [0.2, 0.25) is 21.8 Å². The van der Waals surface area contributed by atoms with Gasteiger partial charge in [-0.2, -0.15) is 4.31 Å². The maximum atomic E-state index is 12.7. The summed E-state index contributed by atoms with van der Waals surface area (Å²) in [5.74, 6) is -0.554. The molecule has 0 saturated carbocycles. The molecule has 2 heterocycles. The molecular weight excluding hydrogens is 410 g/mol. The molecule has 2 N–H and O–H groups in total. The van der Waals surface area contributed by atoms with Gasteiger partial charge in [-0.25, -0.2) is 8.42 Å². The Hall–Kier alpha value is -2.36. The molecule has 0 aliphatic carbocycles. The van der Waals surface area contributed by atoms with Gasteiger partial charge in [0.15, 0.2) is 0 Å². The van der Waals surface area contributed by atoms with Gasteiger partial charge in [-0.15, -0.1) is 11.8 Å². The van der Waals surface area contributed by atoms with Gasteiger partial charge < -0.3 is 10.6 Å². The molecule has 1 saturated heterocycles. The van der Waals surface area contributed by atoms with Crippen molar-refractivity contribution in [3.05, 3.63) is 48.5 Å². The van der Waals surface area contributed by atoms with Crippen LogP contribution in [0.2, 0.25) is 0 Å². The molecule has 0 radical (unpaired) electrons.